The summed E-state index contributed by atoms with van der Waals surface area (Å²) in [6, 6.07) is 18.5. The van der Waals surface area contributed by atoms with Crippen molar-refractivity contribution in [2.45, 2.75) is 44.7 Å². The Morgan fingerprint density at radius 2 is 1.83 bits per heavy atom. The van der Waals surface area contributed by atoms with Gasteiger partial charge < -0.3 is 10.6 Å². The molecule has 6 heteroatoms. The van der Waals surface area contributed by atoms with Crippen LogP contribution < -0.4 is 15.4 Å². The van der Waals surface area contributed by atoms with E-state index in [-0.39, 0.29) is 5.91 Å². The number of hydrogen-bond donors (Lipinski definition) is 3. The molecular formula is C23H32ClN3OS. The van der Waals surface area contributed by atoms with Gasteiger partial charge in [0.25, 0.3) is 5.91 Å². The SMILES string of the molecule is CC(NC1CCCC1)c1cccc(Cl)c1.CSNCCNC(=O)c1ccccc1. The zero-order valence-electron chi connectivity index (χ0n) is 17.3. The molecule has 3 rings (SSSR count). The lowest BCUT2D eigenvalue weighted by Crippen LogP contribution is -2.29. The summed E-state index contributed by atoms with van der Waals surface area (Å²) >= 11 is 7.53. The van der Waals surface area contributed by atoms with Crippen LogP contribution in [0, 0.1) is 0 Å². The molecule has 1 fully saturated rings. The molecule has 2 aromatic carbocycles. The van der Waals surface area contributed by atoms with Crippen LogP contribution in [0.15, 0.2) is 54.6 Å². The number of carbonyl (C=O) groups is 1. The van der Waals surface area contributed by atoms with Crippen molar-refractivity contribution in [2.24, 2.45) is 0 Å². The summed E-state index contributed by atoms with van der Waals surface area (Å²) in [4.78, 5) is 11.5. The van der Waals surface area contributed by atoms with Gasteiger partial charge in [0.1, 0.15) is 0 Å². The molecule has 0 spiro atoms. The Bertz CT molecular complexity index is 723. The number of halogens is 1. The molecular weight excluding hydrogens is 402 g/mol. The van der Waals surface area contributed by atoms with Crippen molar-refractivity contribution < 1.29 is 4.79 Å². The van der Waals surface area contributed by atoms with E-state index in [1.54, 1.807) is 24.1 Å². The van der Waals surface area contributed by atoms with Crippen molar-refractivity contribution in [1.82, 2.24) is 15.4 Å². The van der Waals surface area contributed by atoms with Gasteiger partial charge in [0.2, 0.25) is 0 Å². The van der Waals surface area contributed by atoms with Gasteiger partial charge in [-0.25, -0.2) is 0 Å². The monoisotopic (exact) mass is 433 g/mol. The molecule has 1 aliphatic rings. The third-order valence-electron chi connectivity index (χ3n) is 4.88. The lowest BCUT2D eigenvalue weighted by molar-refractivity contribution is 0.0954. The van der Waals surface area contributed by atoms with Crippen LogP contribution in [0.1, 0.15) is 54.6 Å². The highest BCUT2D eigenvalue weighted by Gasteiger charge is 2.17. The van der Waals surface area contributed by atoms with E-state index >= 15 is 0 Å². The summed E-state index contributed by atoms with van der Waals surface area (Å²) < 4.78 is 3.06. The Hall–Kier alpha value is -1.53. The number of amides is 1. The number of benzene rings is 2. The van der Waals surface area contributed by atoms with E-state index < -0.39 is 0 Å². The van der Waals surface area contributed by atoms with E-state index in [0.717, 1.165) is 11.6 Å². The Labute approximate surface area is 184 Å². The van der Waals surface area contributed by atoms with Crippen LogP contribution in [-0.4, -0.2) is 31.3 Å². The first-order valence-corrected chi connectivity index (χ1v) is 11.8. The zero-order valence-corrected chi connectivity index (χ0v) is 18.9. The Morgan fingerprint density at radius 3 is 2.48 bits per heavy atom. The van der Waals surface area contributed by atoms with Crippen molar-refractivity contribution in [3.63, 3.8) is 0 Å². The molecule has 29 heavy (non-hydrogen) atoms. The molecule has 1 atom stereocenters. The third-order valence-corrected chi connectivity index (χ3v) is 5.61. The highest BCUT2D eigenvalue weighted by Crippen LogP contribution is 2.23. The van der Waals surface area contributed by atoms with Crippen molar-refractivity contribution in [3.05, 3.63) is 70.7 Å². The molecule has 0 aromatic heterocycles. The summed E-state index contributed by atoms with van der Waals surface area (Å²) in [7, 11) is 0. The van der Waals surface area contributed by atoms with Crippen LogP contribution >= 0.6 is 23.5 Å². The smallest absolute Gasteiger partial charge is 0.251 e. The average Bonchev–Trinajstić information content (AvgIpc) is 3.25. The molecule has 0 aliphatic heterocycles. The van der Waals surface area contributed by atoms with Crippen LogP contribution in [0.2, 0.25) is 5.02 Å². The van der Waals surface area contributed by atoms with Crippen molar-refractivity contribution in [3.8, 4) is 0 Å². The second kappa shape index (κ2) is 13.6. The van der Waals surface area contributed by atoms with Crippen LogP contribution in [0.3, 0.4) is 0 Å². The molecule has 1 amide bonds. The summed E-state index contributed by atoms with van der Waals surface area (Å²) in [6.07, 6.45) is 7.36. The van der Waals surface area contributed by atoms with Crippen molar-refractivity contribution in [2.75, 3.05) is 19.3 Å². The normalized spacial score (nSPS) is 14.7. The standard InChI is InChI=1S/C13H18ClN.C10H14N2OS/c1-10(15-13-7-2-3-8-13)11-5-4-6-12(14)9-11;1-14-12-8-7-11-10(13)9-5-3-2-4-6-9/h4-6,9-10,13,15H,2-3,7-8H2,1H3;2-6,12H,7-8H2,1H3,(H,11,13). The minimum absolute atomic E-state index is 0.0199. The molecule has 158 valence electrons. The van der Waals surface area contributed by atoms with Gasteiger partial charge >= 0.3 is 0 Å². The first kappa shape index (κ1) is 23.7. The maximum absolute atomic E-state index is 11.5. The molecule has 1 aliphatic carbocycles. The Balaban J connectivity index is 0.000000208. The third kappa shape index (κ3) is 9.22. The van der Waals surface area contributed by atoms with Crippen LogP contribution in [-0.2, 0) is 0 Å². The molecule has 2 aromatic rings. The van der Waals surface area contributed by atoms with Gasteiger partial charge in [-0.2, -0.15) is 0 Å². The highest BCUT2D eigenvalue weighted by atomic mass is 35.5. The highest BCUT2D eigenvalue weighted by molar-refractivity contribution is 7.96. The maximum atomic E-state index is 11.5. The first-order chi connectivity index (χ1) is 14.1. The second-order valence-corrected chi connectivity index (χ2v) is 8.28. The van der Waals surface area contributed by atoms with Crippen molar-refractivity contribution in [1.29, 1.82) is 0 Å². The summed E-state index contributed by atoms with van der Waals surface area (Å²) in [6.45, 7) is 3.64. The summed E-state index contributed by atoms with van der Waals surface area (Å²) in [5.41, 5.74) is 1.99. The minimum atomic E-state index is -0.0199. The molecule has 0 bridgehead atoms. The number of carbonyl (C=O) groups excluding carboxylic acids is 1. The zero-order chi connectivity index (χ0) is 20.9. The molecule has 4 nitrogen and oxygen atoms in total. The van der Waals surface area contributed by atoms with Crippen LogP contribution in [0.4, 0.5) is 0 Å². The molecule has 0 radical (unpaired) electrons. The fraction of sp³-hybridized carbons (Fsp3) is 0.435. The van der Waals surface area contributed by atoms with Gasteiger partial charge in [-0.1, -0.05) is 66.7 Å². The van der Waals surface area contributed by atoms with Gasteiger partial charge in [-0.05, 0) is 55.9 Å². The quantitative estimate of drug-likeness (QED) is 0.394. The van der Waals surface area contributed by atoms with E-state index in [4.69, 9.17) is 11.6 Å². The number of rotatable bonds is 8. The predicted octanol–water partition coefficient (Wildman–Crippen LogP) is 5.22. The fourth-order valence-corrected chi connectivity index (χ4v) is 3.84. The topological polar surface area (TPSA) is 53.2 Å². The average molecular weight is 434 g/mol. The summed E-state index contributed by atoms with van der Waals surface area (Å²) in [5, 5.41) is 7.31. The molecule has 1 unspecified atom stereocenters. The molecule has 0 saturated heterocycles. The summed E-state index contributed by atoms with van der Waals surface area (Å²) in [5.74, 6) is -0.0199. The maximum Gasteiger partial charge on any atom is 0.251 e. The fourth-order valence-electron chi connectivity index (χ4n) is 3.34. The van der Waals surface area contributed by atoms with Crippen molar-refractivity contribution >= 4 is 29.5 Å². The van der Waals surface area contributed by atoms with Gasteiger partial charge in [0.05, 0.1) is 0 Å². The Morgan fingerprint density at radius 1 is 1.10 bits per heavy atom. The largest absolute Gasteiger partial charge is 0.351 e. The van der Waals surface area contributed by atoms with E-state index in [9.17, 15) is 4.79 Å². The van der Waals surface area contributed by atoms with Gasteiger partial charge in [0, 0.05) is 35.8 Å². The lowest BCUT2D eigenvalue weighted by Gasteiger charge is -2.19. The first-order valence-electron chi connectivity index (χ1n) is 10.2. The van der Waals surface area contributed by atoms with E-state index in [0.29, 0.717) is 24.2 Å². The van der Waals surface area contributed by atoms with E-state index in [1.165, 1.54) is 31.2 Å². The van der Waals surface area contributed by atoms with E-state index in [1.807, 2.05) is 42.7 Å². The van der Waals surface area contributed by atoms with E-state index in [2.05, 4.69) is 28.3 Å². The minimum Gasteiger partial charge on any atom is -0.351 e. The lowest BCUT2D eigenvalue weighted by atomic mass is 10.1. The van der Waals surface area contributed by atoms with Gasteiger partial charge in [-0.3, -0.25) is 9.52 Å². The molecule has 3 N–H and O–H groups in total. The second-order valence-electron chi connectivity index (χ2n) is 7.15. The molecule has 1 saturated carbocycles. The van der Waals surface area contributed by atoms with Gasteiger partial charge in [0.15, 0.2) is 0 Å². The number of nitrogens with one attached hydrogen (secondary N) is 3. The Kier molecular flexibility index (Phi) is 11.2. The van der Waals surface area contributed by atoms with Crippen LogP contribution in [0.25, 0.3) is 0 Å². The number of hydrogen-bond acceptors (Lipinski definition) is 4. The van der Waals surface area contributed by atoms with Gasteiger partial charge in [-0.15, -0.1) is 0 Å². The predicted molar refractivity (Wildman–Crippen MR) is 126 cm³/mol. The molecule has 0 heterocycles. The van der Waals surface area contributed by atoms with Crippen LogP contribution in [0.5, 0.6) is 0 Å².